The van der Waals surface area contributed by atoms with Gasteiger partial charge in [0.1, 0.15) is 5.69 Å². The first-order valence-electron chi connectivity index (χ1n) is 10.2. The Balaban J connectivity index is 1.43. The molecule has 0 aromatic carbocycles. The molecule has 0 saturated carbocycles. The van der Waals surface area contributed by atoms with Crippen molar-refractivity contribution in [1.29, 1.82) is 0 Å². The minimum atomic E-state index is 0.216. The number of likely N-dealkylation sites (tertiary alicyclic amines) is 2. The Kier molecular flexibility index (Phi) is 4.85. The van der Waals surface area contributed by atoms with E-state index in [0.29, 0.717) is 0 Å². The number of carbonyl (C=O) groups excluding carboxylic acids is 1. The van der Waals surface area contributed by atoms with Crippen LogP contribution in [0.3, 0.4) is 0 Å². The highest BCUT2D eigenvalue weighted by Gasteiger charge is 2.34. The van der Waals surface area contributed by atoms with E-state index in [9.17, 15) is 4.79 Å². The summed E-state index contributed by atoms with van der Waals surface area (Å²) in [6, 6.07) is 0.732. The lowest BCUT2D eigenvalue weighted by Gasteiger charge is -2.42. The minimum Gasteiger partial charge on any atom is -0.337 e. The molecule has 0 radical (unpaired) electrons. The number of fused-ring (bicyclic) bond motifs is 1. The fourth-order valence-corrected chi connectivity index (χ4v) is 5.28. The summed E-state index contributed by atoms with van der Waals surface area (Å²) in [5.41, 5.74) is 3.26. The lowest BCUT2D eigenvalue weighted by molar-refractivity contribution is 0.0545. The number of aromatic nitrogens is 2. The van der Waals surface area contributed by atoms with E-state index in [-0.39, 0.29) is 5.91 Å². The van der Waals surface area contributed by atoms with Crippen LogP contribution in [-0.2, 0) is 19.9 Å². The SMILES string of the molecule is CN1CCCC[C@H]1C1CCN(C(=O)c2c3c(nn2C)CCCC3)CC1. The van der Waals surface area contributed by atoms with E-state index < -0.39 is 0 Å². The summed E-state index contributed by atoms with van der Waals surface area (Å²) in [6.07, 6.45) is 10.8. The van der Waals surface area contributed by atoms with Gasteiger partial charge in [-0.15, -0.1) is 0 Å². The highest BCUT2D eigenvalue weighted by molar-refractivity contribution is 5.94. The summed E-state index contributed by atoms with van der Waals surface area (Å²) in [6.45, 7) is 3.06. The fraction of sp³-hybridized carbons (Fsp3) is 0.800. The van der Waals surface area contributed by atoms with E-state index in [4.69, 9.17) is 0 Å². The zero-order chi connectivity index (χ0) is 17.4. The average Bonchev–Trinajstić information content (AvgIpc) is 2.97. The molecule has 1 aliphatic carbocycles. The van der Waals surface area contributed by atoms with Gasteiger partial charge < -0.3 is 9.80 Å². The van der Waals surface area contributed by atoms with Crippen molar-refractivity contribution in [3.63, 3.8) is 0 Å². The number of amides is 1. The first-order chi connectivity index (χ1) is 12.1. The van der Waals surface area contributed by atoms with Crippen LogP contribution in [0.1, 0.15) is 66.7 Å². The van der Waals surface area contributed by atoms with E-state index in [2.05, 4.69) is 21.9 Å². The summed E-state index contributed by atoms with van der Waals surface area (Å²) in [5.74, 6) is 0.975. The highest BCUT2D eigenvalue weighted by Crippen LogP contribution is 2.31. The summed E-state index contributed by atoms with van der Waals surface area (Å²) in [7, 11) is 4.22. The van der Waals surface area contributed by atoms with Gasteiger partial charge in [-0.1, -0.05) is 6.42 Å². The summed E-state index contributed by atoms with van der Waals surface area (Å²) < 4.78 is 1.85. The third kappa shape index (κ3) is 3.23. The summed E-state index contributed by atoms with van der Waals surface area (Å²) in [4.78, 5) is 17.8. The Morgan fingerprint density at radius 2 is 1.72 bits per heavy atom. The minimum absolute atomic E-state index is 0.216. The van der Waals surface area contributed by atoms with Crippen LogP contribution in [0, 0.1) is 5.92 Å². The average molecular weight is 345 g/mol. The molecule has 4 rings (SSSR count). The molecule has 0 N–H and O–H groups in total. The van der Waals surface area contributed by atoms with Crippen molar-refractivity contribution in [3.05, 3.63) is 17.0 Å². The maximum atomic E-state index is 13.2. The number of carbonyl (C=O) groups is 1. The zero-order valence-electron chi connectivity index (χ0n) is 15.8. The molecule has 1 amide bonds. The van der Waals surface area contributed by atoms with Crippen LogP contribution >= 0.6 is 0 Å². The van der Waals surface area contributed by atoms with Crippen molar-refractivity contribution >= 4 is 5.91 Å². The quantitative estimate of drug-likeness (QED) is 0.828. The predicted octanol–water partition coefficient (Wildman–Crippen LogP) is 2.64. The molecule has 1 aromatic rings. The van der Waals surface area contributed by atoms with Gasteiger partial charge in [-0.3, -0.25) is 9.48 Å². The van der Waals surface area contributed by atoms with Crippen molar-refractivity contribution in [3.8, 4) is 0 Å². The van der Waals surface area contributed by atoms with Gasteiger partial charge in [-0.25, -0.2) is 0 Å². The number of piperidine rings is 2. The van der Waals surface area contributed by atoms with E-state index in [1.807, 2.05) is 11.7 Å². The van der Waals surface area contributed by atoms with Gasteiger partial charge in [0.2, 0.25) is 0 Å². The van der Waals surface area contributed by atoms with Crippen LogP contribution in [0.2, 0.25) is 0 Å². The molecule has 0 unspecified atom stereocenters. The molecule has 0 spiro atoms. The number of hydrogen-bond donors (Lipinski definition) is 0. The molecule has 3 aliphatic rings. The smallest absolute Gasteiger partial charge is 0.272 e. The topological polar surface area (TPSA) is 41.4 Å². The normalized spacial score (nSPS) is 25.8. The van der Waals surface area contributed by atoms with Crippen molar-refractivity contribution in [2.45, 2.75) is 63.8 Å². The molecule has 1 atom stereocenters. The Morgan fingerprint density at radius 3 is 2.48 bits per heavy atom. The molecular formula is C20H32N4O. The Labute approximate surface area is 151 Å². The third-order valence-corrected chi connectivity index (χ3v) is 6.72. The molecule has 3 heterocycles. The number of hydrogen-bond acceptors (Lipinski definition) is 3. The van der Waals surface area contributed by atoms with E-state index in [1.165, 1.54) is 44.2 Å². The summed E-state index contributed by atoms with van der Waals surface area (Å²) in [5, 5.41) is 4.63. The monoisotopic (exact) mass is 344 g/mol. The van der Waals surface area contributed by atoms with Crippen LogP contribution in [0.15, 0.2) is 0 Å². The van der Waals surface area contributed by atoms with Crippen molar-refractivity contribution in [1.82, 2.24) is 19.6 Å². The molecule has 1 aromatic heterocycles. The lowest BCUT2D eigenvalue weighted by Crippen LogP contribution is -2.47. The number of rotatable bonds is 2. The second-order valence-corrected chi connectivity index (χ2v) is 8.28. The first kappa shape index (κ1) is 17.1. The Bertz CT molecular complexity index is 630. The maximum absolute atomic E-state index is 13.2. The third-order valence-electron chi connectivity index (χ3n) is 6.72. The Morgan fingerprint density at radius 1 is 0.960 bits per heavy atom. The molecule has 5 heteroatoms. The van der Waals surface area contributed by atoms with Gasteiger partial charge in [-0.2, -0.15) is 5.10 Å². The zero-order valence-corrected chi connectivity index (χ0v) is 15.8. The number of aryl methyl sites for hydroxylation is 2. The standard InChI is InChI=1S/C20H32N4O/c1-22-12-6-5-9-18(22)15-10-13-24(14-11-15)20(25)19-16-7-3-4-8-17(16)21-23(19)2/h15,18H,3-14H2,1-2H3/t18-/m0/s1. The lowest BCUT2D eigenvalue weighted by atomic mass is 9.84. The molecule has 5 nitrogen and oxygen atoms in total. The van der Waals surface area contributed by atoms with Crippen molar-refractivity contribution in [2.75, 3.05) is 26.7 Å². The van der Waals surface area contributed by atoms with Gasteiger partial charge in [0.05, 0.1) is 5.69 Å². The van der Waals surface area contributed by atoms with Crippen LogP contribution in [-0.4, -0.2) is 58.2 Å². The molecule has 25 heavy (non-hydrogen) atoms. The van der Waals surface area contributed by atoms with Crippen LogP contribution < -0.4 is 0 Å². The van der Waals surface area contributed by atoms with Crippen molar-refractivity contribution < 1.29 is 4.79 Å². The highest BCUT2D eigenvalue weighted by atomic mass is 16.2. The van der Waals surface area contributed by atoms with Crippen LogP contribution in [0.4, 0.5) is 0 Å². The van der Waals surface area contributed by atoms with Gasteiger partial charge in [0, 0.05) is 31.7 Å². The molecule has 138 valence electrons. The van der Waals surface area contributed by atoms with E-state index >= 15 is 0 Å². The van der Waals surface area contributed by atoms with Gasteiger partial charge >= 0.3 is 0 Å². The largest absolute Gasteiger partial charge is 0.337 e. The predicted molar refractivity (Wildman–Crippen MR) is 98.7 cm³/mol. The molecule has 0 bridgehead atoms. The molecule has 2 saturated heterocycles. The second kappa shape index (κ2) is 7.10. The summed E-state index contributed by atoms with van der Waals surface area (Å²) >= 11 is 0. The van der Waals surface area contributed by atoms with Crippen LogP contribution in [0.25, 0.3) is 0 Å². The Hall–Kier alpha value is -1.36. The number of nitrogens with zero attached hydrogens (tertiary/aromatic N) is 4. The van der Waals surface area contributed by atoms with Crippen LogP contribution in [0.5, 0.6) is 0 Å². The fourth-order valence-electron chi connectivity index (χ4n) is 5.28. The van der Waals surface area contributed by atoms with Gasteiger partial charge in [-0.05, 0) is 70.9 Å². The molecular weight excluding hydrogens is 312 g/mol. The maximum Gasteiger partial charge on any atom is 0.272 e. The van der Waals surface area contributed by atoms with Gasteiger partial charge in [0.15, 0.2) is 0 Å². The first-order valence-corrected chi connectivity index (χ1v) is 10.2. The molecule has 2 aliphatic heterocycles. The van der Waals surface area contributed by atoms with E-state index in [0.717, 1.165) is 62.1 Å². The molecule has 2 fully saturated rings. The van der Waals surface area contributed by atoms with Crippen molar-refractivity contribution in [2.24, 2.45) is 13.0 Å². The second-order valence-electron chi connectivity index (χ2n) is 8.28. The van der Waals surface area contributed by atoms with Gasteiger partial charge in [0.25, 0.3) is 5.91 Å². The van der Waals surface area contributed by atoms with E-state index in [1.54, 1.807) is 0 Å².